The van der Waals surface area contributed by atoms with Gasteiger partial charge in [0.1, 0.15) is 17.3 Å². The van der Waals surface area contributed by atoms with E-state index in [2.05, 4.69) is 24.6 Å². The van der Waals surface area contributed by atoms with E-state index in [4.69, 9.17) is 4.74 Å². The van der Waals surface area contributed by atoms with E-state index in [0.29, 0.717) is 19.6 Å². The summed E-state index contributed by atoms with van der Waals surface area (Å²) in [5.41, 5.74) is 0.977. The zero-order valence-corrected chi connectivity index (χ0v) is 13.0. The maximum atomic E-state index is 12.4. The number of fused-ring (bicyclic) bond motifs is 2. The minimum absolute atomic E-state index is 0.0948. The van der Waals surface area contributed by atoms with Crippen LogP contribution >= 0.6 is 0 Å². The van der Waals surface area contributed by atoms with Crippen LogP contribution in [0.25, 0.3) is 0 Å². The molecule has 0 aliphatic carbocycles. The van der Waals surface area contributed by atoms with Gasteiger partial charge in [0.25, 0.3) is 0 Å². The van der Waals surface area contributed by atoms with Crippen molar-refractivity contribution in [1.29, 1.82) is 0 Å². The standard InChI is InChI=1S/C14H15N5O3S/c20-23(21)13-2-1-3-17-14(13)22-12-8-19(7-11(12)18-23)6-10-4-15-9-16-5-10/h1-5,9,11-12,18H,6-8H2. The van der Waals surface area contributed by atoms with Crippen LogP contribution in [-0.2, 0) is 16.6 Å². The molecule has 2 unspecified atom stereocenters. The molecule has 4 rings (SSSR count). The number of nitrogens with zero attached hydrogens (tertiary/aromatic N) is 4. The van der Waals surface area contributed by atoms with E-state index in [1.807, 2.05) is 0 Å². The van der Waals surface area contributed by atoms with E-state index in [1.54, 1.807) is 18.5 Å². The van der Waals surface area contributed by atoms with E-state index in [0.717, 1.165) is 5.56 Å². The summed E-state index contributed by atoms with van der Waals surface area (Å²) in [7, 11) is -3.62. The Morgan fingerprint density at radius 1 is 1.30 bits per heavy atom. The molecule has 0 saturated carbocycles. The highest BCUT2D eigenvalue weighted by Gasteiger charge is 2.41. The van der Waals surface area contributed by atoms with Gasteiger partial charge in [-0.25, -0.2) is 28.1 Å². The van der Waals surface area contributed by atoms with Crippen LogP contribution in [0.1, 0.15) is 5.56 Å². The molecule has 8 nitrogen and oxygen atoms in total. The first-order chi connectivity index (χ1) is 11.1. The van der Waals surface area contributed by atoms with Crippen LogP contribution in [0, 0.1) is 0 Å². The second kappa shape index (κ2) is 5.52. The van der Waals surface area contributed by atoms with Crippen LogP contribution in [0.2, 0.25) is 0 Å². The van der Waals surface area contributed by atoms with Crippen LogP contribution in [-0.4, -0.2) is 53.5 Å². The molecule has 0 radical (unpaired) electrons. The van der Waals surface area contributed by atoms with Gasteiger partial charge in [-0.15, -0.1) is 0 Å². The number of aromatic nitrogens is 3. The fraction of sp³-hybridized carbons (Fsp3) is 0.357. The Balaban J connectivity index is 1.57. The quantitative estimate of drug-likeness (QED) is 0.812. The lowest BCUT2D eigenvalue weighted by atomic mass is 10.2. The molecule has 2 aliphatic heterocycles. The SMILES string of the molecule is O=S1(=O)NC2CN(Cc3cncnc3)CC2Oc2ncccc21. The highest BCUT2D eigenvalue weighted by Crippen LogP contribution is 2.29. The molecule has 1 fully saturated rings. The van der Waals surface area contributed by atoms with Crippen molar-refractivity contribution in [2.24, 2.45) is 0 Å². The Morgan fingerprint density at radius 3 is 2.96 bits per heavy atom. The number of sulfonamides is 1. The van der Waals surface area contributed by atoms with Gasteiger partial charge in [-0.05, 0) is 12.1 Å². The lowest BCUT2D eigenvalue weighted by Crippen LogP contribution is -2.42. The lowest BCUT2D eigenvalue weighted by Gasteiger charge is -2.16. The number of hydrogen-bond donors (Lipinski definition) is 1. The molecular weight excluding hydrogens is 318 g/mol. The summed E-state index contributed by atoms with van der Waals surface area (Å²) in [6, 6.07) is 2.79. The Morgan fingerprint density at radius 2 is 2.13 bits per heavy atom. The van der Waals surface area contributed by atoms with Crippen molar-refractivity contribution in [3.05, 3.63) is 42.6 Å². The van der Waals surface area contributed by atoms with Gasteiger partial charge in [0, 0.05) is 43.8 Å². The normalized spacial score (nSPS) is 25.9. The molecule has 0 spiro atoms. The van der Waals surface area contributed by atoms with Crippen molar-refractivity contribution in [2.75, 3.05) is 13.1 Å². The minimum atomic E-state index is -3.62. The van der Waals surface area contributed by atoms with E-state index >= 15 is 0 Å². The second-order valence-electron chi connectivity index (χ2n) is 5.63. The highest BCUT2D eigenvalue weighted by atomic mass is 32.2. The molecule has 1 saturated heterocycles. The van der Waals surface area contributed by atoms with Crippen molar-refractivity contribution in [3.8, 4) is 5.88 Å². The maximum absolute atomic E-state index is 12.4. The minimum Gasteiger partial charge on any atom is -0.470 e. The van der Waals surface area contributed by atoms with E-state index in [-0.39, 0.29) is 22.9 Å². The molecular formula is C14H15N5O3S. The van der Waals surface area contributed by atoms with Gasteiger partial charge in [-0.3, -0.25) is 4.90 Å². The number of ether oxygens (including phenoxy) is 1. The van der Waals surface area contributed by atoms with Crippen LogP contribution in [0.4, 0.5) is 0 Å². The van der Waals surface area contributed by atoms with Gasteiger partial charge in [-0.1, -0.05) is 0 Å². The summed E-state index contributed by atoms with van der Waals surface area (Å²) < 4.78 is 33.4. The Kier molecular flexibility index (Phi) is 3.47. The molecule has 0 amide bonds. The first-order valence-electron chi connectivity index (χ1n) is 7.22. The lowest BCUT2D eigenvalue weighted by molar-refractivity contribution is 0.176. The van der Waals surface area contributed by atoms with E-state index in [9.17, 15) is 8.42 Å². The van der Waals surface area contributed by atoms with Crippen molar-refractivity contribution < 1.29 is 13.2 Å². The number of likely N-dealkylation sites (tertiary alicyclic amines) is 1. The molecule has 1 N–H and O–H groups in total. The maximum Gasteiger partial charge on any atom is 0.246 e. The van der Waals surface area contributed by atoms with E-state index < -0.39 is 10.0 Å². The smallest absolute Gasteiger partial charge is 0.246 e. The van der Waals surface area contributed by atoms with E-state index in [1.165, 1.54) is 18.6 Å². The molecule has 2 aromatic heterocycles. The second-order valence-corrected chi connectivity index (χ2v) is 7.31. The van der Waals surface area contributed by atoms with Gasteiger partial charge in [-0.2, -0.15) is 0 Å². The first kappa shape index (κ1) is 14.5. The summed E-state index contributed by atoms with van der Waals surface area (Å²) in [5.74, 6) is 0.164. The Bertz CT molecular complexity index is 814. The number of hydrogen-bond acceptors (Lipinski definition) is 7. The molecule has 2 aromatic rings. The molecule has 2 atom stereocenters. The fourth-order valence-corrected chi connectivity index (χ4v) is 4.30. The number of rotatable bonds is 2. The van der Waals surface area contributed by atoms with Gasteiger partial charge in [0.05, 0.1) is 6.04 Å². The first-order valence-corrected chi connectivity index (χ1v) is 8.70. The third-order valence-electron chi connectivity index (χ3n) is 3.96. The predicted molar refractivity (Wildman–Crippen MR) is 80.1 cm³/mol. The third-order valence-corrected chi connectivity index (χ3v) is 5.46. The zero-order valence-electron chi connectivity index (χ0n) is 12.2. The molecule has 0 aromatic carbocycles. The molecule has 2 aliphatic rings. The average molecular weight is 333 g/mol. The van der Waals surface area contributed by atoms with Gasteiger partial charge in [0.2, 0.25) is 15.9 Å². The molecule has 9 heteroatoms. The number of pyridine rings is 1. The van der Waals surface area contributed by atoms with Crippen LogP contribution in [0.15, 0.2) is 41.9 Å². The fourth-order valence-electron chi connectivity index (χ4n) is 2.96. The summed E-state index contributed by atoms with van der Waals surface area (Å²) in [6.07, 6.45) is 6.25. The topological polar surface area (TPSA) is 97.3 Å². The highest BCUT2D eigenvalue weighted by molar-refractivity contribution is 7.89. The Hall–Kier alpha value is -2.10. The number of nitrogens with one attached hydrogen (secondary N) is 1. The van der Waals surface area contributed by atoms with Crippen molar-refractivity contribution in [2.45, 2.75) is 23.6 Å². The van der Waals surface area contributed by atoms with Gasteiger partial charge < -0.3 is 4.74 Å². The van der Waals surface area contributed by atoms with Gasteiger partial charge >= 0.3 is 0 Å². The zero-order chi connectivity index (χ0) is 15.9. The van der Waals surface area contributed by atoms with Crippen LogP contribution in [0.3, 0.4) is 0 Å². The third kappa shape index (κ3) is 2.78. The summed E-state index contributed by atoms with van der Waals surface area (Å²) in [4.78, 5) is 14.3. The van der Waals surface area contributed by atoms with Gasteiger partial charge in [0.15, 0.2) is 0 Å². The Labute approximate surface area is 133 Å². The molecule has 120 valence electrons. The largest absolute Gasteiger partial charge is 0.470 e. The monoisotopic (exact) mass is 333 g/mol. The van der Waals surface area contributed by atoms with Crippen LogP contribution < -0.4 is 9.46 Å². The molecule has 23 heavy (non-hydrogen) atoms. The average Bonchev–Trinajstić information content (AvgIpc) is 2.84. The van der Waals surface area contributed by atoms with Crippen molar-refractivity contribution >= 4 is 10.0 Å². The summed E-state index contributed by atoms with van der Waals surface area (Å²) in [5, 5.41) is 0. The van der Waals surface area contributed by atoms with Crippen molar-refractivity contribution in [3.63, 3.8) is 0 Å². The molecule has 0 bridgehead atoms. The molecule has 4 heterocycles. The summed E-state index contributed by atoms with van der Waals surface area (Å²) >= 11 is 0. The van der Waals surface area contributed by atoms with Crippen LogP contribution in [0.5, 0.6) is 5.88 Å². The summed E-state index contributed by atoms with van der Waals surface area (Å²) in [6.45, 7) is 1.82. The van der Waals surface area contributed by atoms with Crippen molar-refractivity contribution in [1.82, 2.24) is 24.6 Å². The predicted octanol–water partition coefficient (Wildman–Crippen LogP) is -0.205.